The molecule has 0 spiro atoms. The highest BCUT2D eigenvalue weighted by atomic mass is 32.2. The summed E-state index contributed by atoms with van der Waals surface area (Å²) < 4.78 is 5.97. The lowest BCUT2D eigenvalue weighted by atomic mass is 9.78. The second-order valence-corrected chi connectivity index (χ2v) is 6.81. The van der Waals surface area contributed by atoms with Gasteiger partial charge in [-0.05, 0) is 6.07 Å². The first-order valence-electron chi connectivity index (χ1n) is 6.01. The molecule has 10 heteroatoms. The van der Waals surface area contributed by atoms with Gasteiger partial charge in [-0.3, -0.25) is 0 Å². The number of nitrogens with zero attached hydrogens (tertiary/aromatic N) is 2. The Hall–Kier alpha value is -1.78. The number of anilines is 1. The summed E-state index contributed by atoms with van der Waals surface area (Å²) in [6, 6.07) is 4.89. The molecular weight excluding hydrogens is 313 g/mol. The second-order valence-electron chi connectivity index (χ2n) is 4.35. The maximum atomic E-state index is 11.2. The molecule has 0 bridgehead atoms. The standard InChI is InChI=1S/C11H10BN3O4S2/c13-10-14-15-11(21-10)20-7-4-12(18)19-8-5(7)2-1-3-6(8)9(16)17/h1-3,7,18H,4H2,(H2,13,14)(H,16,17)/t7-/m1/s1. The van der Waals surface area contributed by atoms with E-state index < -0.39 is 13.1 Å². The summed E-state index contributed by atoms with van der Waals surface area (Å²) in [6.45, 7) is 0. The maximum absolute atomic E-state index is 11.2. The van der Waals surface area contributed by atoms with Gasteiger partial charge in [-0.15, -0.1) is 10.2 Å². The predicted octanol–water partition coefficient (Wildman–Crippen LogP) is 1.52. The predicted molar refractivity (Wildman–Crippen MR) is 79.7 cm³/mol. The molecule has 0 saturated carbocycles. The van der Waals surface area contributed by atoms with E-state index in [1.807, 2.05) is 0 Å². The van der Waals surface area contributed by atoms with Crippen LogP contribution in [0.4, 0.5) is 5.13 Å². The summed E-state index contributed by atoms with van der Waals surface area (Å²) in [7, 11) is -1.05. The van der Waals surface area contributed by atoms with Crippen LogP contribution in [0, 0.1) is 0 Å². The summed E-state index contributed by atoms with van der Waals surface area (Å²) in [5, 5.41) is 26.9. The van der Waals surface area contributed by atoms with Crippen LogP contribution in [0.2, 0.25) is 6.32 Å². The fourth-order valence-corrected chi connectivity index (χ4v) is 4.15. The van der Waals surface area contributed by atoms with E-state index >= 15 is 0 Å². The lowest BCUT2D eigenvalue weighted by Gasteiger charge is -2.27. The zero-order chi connectivity index (χ0) is 15.0. The molecule has 3 rings (SSSR count). The number of aromatic carboxylic acids is 1. The van der Waals surface area contributed by atoms with Crippen molar-refractivity contribution in [2.75, 3.05) is 5.73 Å². The van der Waals surface area contributed by atoms with Crippen LogP contribution < -0.4 is 10.4 Å². The molecule has 7 nitrogen and oxygen atoms in total. The molecule has 108 valence electrons. The number of thioether (sulfide) groups is 1. The number of carboxylic acids is 1. The van der Waals surface area contributed by atoms with E-state index in [0.29, 0.717) is 15.8 Å². The lowest BCUT2D eigenvalue weighted by Crippen LogP contribution is -2.29. The molecule has 4 N–H and O–H groups in total. The van der Waals surface area contributed by atoms with Crippen LogP contribution in [0.1, 0.15) is 21.2 Å². The molecule has 2 aromatic rings. The average Bonchev–Trinajstić information content (AvgIpc) is 2.83. The average molecular weight is 323 g/mol. The highest BCUT2D eigenvalue weighted by Crippen LogP contribution is 2.47. The van der Waals surface area contributed by atoms with Crippen molar-refractivity contribution in [2.24, 2.45) is 0 Å². The number of hydrogen-bond acceptors (Lipinski definition) is 8. The highest BCUT2D eigenvalue weighted by molar-refractivity contribution is 8.01. The Morgan fingerprint density at radius 2 is 2.33 bits per heavy atom. The van der Waals surface area contributed by atoms with Gasteiger partial charge in [0.25, 0.3) is 0 Å². The number of carboxylic acid groups (broad SMARTS) is 1. The smallest absolute Gasteiger partial charge is 0.524 e. The van der Waals surface area contributed by atoms with Gasteiger partial charge < -0.3 is 20.5 Å². The molecule has 1 atom stereocenters. The molecule has 0 radical (unpaired) electrons. The Kier molecular flexibility index (Phi) is 3.74. The van der Waals surface area contributed by atoms with Crippen LogP contribution in [0.15, 0.2) is 22.5 Å². The number of rotatable bonds is 3. The van der Waals surface area contributed by atoms with Gasteiger partial charge in [-0.1, -0.05) is 35.2 Å². The summed E-state index contributed by atoms with van der Waals surface area (Å²) in [5.41, 5.74) is 6.31. The van der Waals surface area contributed by atoms with Crippen LogP contribution in [-0.2, 0) is 0 Å². The third kappa shape index (κ3) is 2.82. The third-order valence-corrected chi connectivity index (χ3v) is 5.06. The highest BCUT2D eigenvalue weighted by Gasteiger charge is 2.35. The first kappa shape index (κ1) is 14.2. The van der Waals surface area contributed by atoms with Crippen molar-refractivity contribution in [3.63, 3.8) is 0 Å². The number of carbonyl (C=O) groups is 1. The Morgan fingerprint density at radius 1 is 1.52 bits per heavy atom. The number of nitrogen functional groups attached to an aromatic ring is 1. The third-order valence-electron chi connectivity index (χ3n) is 2.96. The van der Waals surface area contributed by atoms with Crippen LogP contribution in [0.3, 0.4) is 0 Å². The zero-order valence-electron chi connectivity index (χ0n) is 10.6. The van der Waals surface area contributed by atoms with Gasteiger partial charge in [0.2, 0.25) is 5.13 Å². The molecule has 0 unspecified atom stereocenters. The van der Waals surface area contributed by atoms with E-state index in [9.17, 15) is 14.9 Å². The van der Waals surface area contributed by atoms with E-state index in [-0.39, 0.29) is 16.6 Å². The molecule has 1 aliphatic heterocycles. The SMILES string of the molecule is Nc1nnc(S[C@@H]2CB(O)Oc3c(C(=O)O)cccc32)s1. The summed E-state index contributed by atoms with van der Waals surface area (Å²) in [5.74, 6) is -0.886. The first-order chi connectivity index (χ1) is 10.0. The lowest BCUT2D eigenvalue weighted by molar-refractivity contribution is 0.0694. The quantitative estimate of drug-likeness (QED) is 0.728. The van der Waals surface area contributed by atoms with E-state index in [4.69, 9.17) is 10.4 Å². The fraction of sp³-hybridized carbons (Fsp3) is 0.182. The molecule has 0 saturated heterocycles. The monoisotopic (exact) mass is 323 g/mol. The van der Waals surface area contributed by atoms with Gasteiger partial charge in [0.15, 0.2) is 4.34 Å². The molecule has 1 aliphatic rings. The summed E-state index contributed by atoms with van der Waals surface area (Å²) in [4.78, 5) is 11.2. The molecule has 21 heavy (non-hydrogen) atoms. The van der Waals surface area contributed by atoms with Crippen LogP contribution >= 0.6 is 23.1 Å². The minimum atomic E-state index is -1.09. The molecule has 0 aliphatic carbocycles. The van der Waals surface area contributed by atoms with Crippen LogP contribution in [-0.4, -0.2) is 33.4 Å². The van der Waals surface area contributed by atoms with Crippen molar-refractivity contribution >= 4 is 41.3 Å². The first-order valence-corrected chi connectivity index (χ1v) is 7.71. The normalized spacial score (nSPS) is 17.2. The van der Waals surface area contributed by atoms with Crippen LogP contribution in [0.5, 0.6) is 5.75 Å². The number of hydrogen-bond donors (Lipinski definition) is 3. The molecule has 1 aromatic heterocycles. The minimum absolute atomic E-state index is 0.0358. The Bertz CT molecular complexity index is 696. The van der Waals surface area contributed by atoms with Crippen molar-refractivity contribution in [1.29, 1.82) is 0 Å². The maximum Gasteiger partial charge on any atom is 0.524 e. The molecule has 1 aromatic carbocycles. The van der Waals surface area contributed by atoms with Gasteiger partial charge in [-0.2, -0.15) is 0 Å². The van der Waals surface area contributed by atoms with E-state index in [0.717, 1.165) is 5.56 Å². The second kappa shape index (κ2) is 5.55. The van der Waals surface area contributed by atoms with Crippen molar-refractivity contribution < 1.29 is 19.6 Å². The molecule has 2 heterocycles. The summed E-state index contributed by atoms with van der Waals surface area (Å²) >= 11 is 2.63. The van der Waals surface area contributed by atoms with Crippen molar-refractivity contribution in [2.45, 2.75) is 15.9 Å². The van der Waals surface area contributed by atoms with Crippen LogP contribution in [0.25, 0.3) is 0 Å². The zero-order valence-corrected chi connectivity index (χ0v) is 12.2. The van der Waals surface area contributed by atoms with Gasteiger partial charge in [0, 0.05) is 17.1 Å². The number of benzene rings is 1. The minimum Gasteiger partial charge on any atom is -0.535 e. The Balaban J connectivity index is 1.97. The fourth-order valence-electron chi connectivity index (χ4n) is 2.10. The molecule has 0 fully saturated rings. The van der Waals surface area contributed by atoms with E-state index in [2.05, 4.69) is 10.2 Å². The molecular formula is C11H10BN3O4S2. The van der Waals surface area contributed by atoms with Gasteiger partial charge in [0.1, 0.15) is 5.75 Å². The topological polar surface area (TPSA) is 119 Å². The summed E-state index contributed by atoms with van der Waals surface area (Å²) in [6.07, 6.45) is 0.334. The largest absolute Gasteiger partial charge is 0.535 e. The van der Waals surface area contributed by atoms with Gasteiger partial charge >= 0.3 is 13.1 Å². The van der Waals surface area contributed by atoms with Gasteiger partial charge in [0.05, 0.1) is 5.56 Å². The van der Waals surface area contributed by atoms with E-state index in [1.54, 1.807) is 12.1 Å². The van der Waals surface area contributed by atoms with Crippen molar-refractivity contribution in [3.8, 4) is 5.75 Å². The number of fused-ring (bicyclic) bond motifs is 1. The van der Waals surface area contributed by atoms with E-state index in [1.165, 1.54) is 29.2 Å². The number of para-hydroxylation sites is 1. The molecule has 0 amide bonds. The number of nitrogens with two attached hydrogens (primary N) is 1. The Morgan fingerprint density at radius 3 is 3.00 bits per heavy atom. The van der Waals surface area contributed by atoms with Crippen molar-refractivity contribution in [1.82, 2.24) is 10.2 Å². The van der Waals surface area contributed by atoms with Crippen molar-refractivity contribution in [3.05, 3.63) is 29.3 Å². The number of aromatic nitrogens is 2. The Labute approximate surface area is 128 Å². The van der Waals surface area contributed by atoms with Gasteiger partial charge in [-0.25, -0.2) is 4.79 Å².